The lowest BCUT2D eigenvalue weighted by Gasteiger charge is -2.17. The van der Waals surface area contributed by atoms with Crippen LogP contribution in [0, 0.1) is 0 Å². The molecule has 0 spiro atoms. The molecule has 1 aliphatic rings. The highest BCUT2D eigenvalue weighted by Gasteiger charge is 2.18. The van der Waals surface area contributed by atoms with Gasteiger partial charge in [0, 0.05) is 37.7 Å². The van der Waals surface area contributed by atoms with E-state index in [1.54, 1.807) is 13.3 Å². The summed E-state index contributed by atoms with van der Waals surface area (Å²) in [5.41, 5.74) is 1.11. The molecule has 2 aromatic rings. The number of hydrogen-bond donors (Lipinski definition) is 1. The summed E-state index contributed by atoms with van der Waals surface area (Å²) in [5, 5.41) is 3.48. The zero-order valence-corrected chi connectivity index (χ0v) is 14.8. The Morgan fingerprint density at radius 1 is 1.40 bits per heavy atom. The fraction of sp³-hybridized carbons (Fsp3) is 0.526. The number of benzene rings is 1. The number of nitrogens with one attached hydrogen (secondary N) is 1. The van der Waals surface area contributed by atoms with E-state index in [2.05, 4.69) is 20.9 Å². The van der Waals surface area contributed by atoms with E-state index in [0.29, 0.717) is 6.61 Å². The van der Waals surface area contributed by atoms with Crippen molar-refractivity contribution >= 4 is 0 Å². The van der Waals surface area contributed by atoms with Crippen molar-refractivity contribution in [3.8, 4) is 11.5 Å². The van der Waals surface area contributed by atoms with Gasteiger partial charge in [0.05, 0.1) is 19.5 Å². The van der Waals surface area contributed by atoms with Crippen LogP contribution in [-0.2, 0) is 17.8 Å². The fourth-order valence-electron chi connectivity index (χ4n) is 3.01. The highest BCUT2D eigenvalue weighted by atomic mass is 16.5. The number of nitrogens with zero attached hydrogens (tertiary/aromatic N) is 2. The number of aromatic nitrogens is 2. The fourth-order valence-corrected chi connectivity index (χ4v) is 3.01. The molecular weight excluding hydrogens is 318 g/mol. The molecule has 1 aromatic heterocycles. The number of para-hydroxylation sites is 1. The first-order chi connectivity index (χ1) is 12.4. The topological polar surface area (TPSA) is 57.5 Å². The van der Waals surface area contributed by atoms with Crippen LogP contribution < -0.4 is 14.8 Å². The van der Waals surface area contributed by atoms with Gasteiger partial charge < -0.3 is 24.1 Å². The molecule has 1 fully saturated rings. The minimum atomic E-state index is 0.195. The molecule has 1 atom stereocenters. The molecule has 1 saturated heterocycles. The second-order valence-corrected chi connectivity index (χ2v) is 6.23. The third-order valence-electron chi connectivity index (χ3n) is 4.36. The molecule has 0 bridgehead atoms. The van der Waals surface area contributed by atoms with Crippen LogP contribution in [0.15, 0.2) is 36.9 Å². The molecule has 0 saturated carbocycles. The van der Waals surface area contributed by atoms with Crippen molar-refractivity contribution in [3.63, 3.8) is 0 Å². The lowest BCUT2D eigenvalue weighted by molar-refractivity contribution is 0.0666. The van der Waals surface area contributed by atoms with Gasteiger partial charge in [-0.05, 0) is 31.9 Å². The second-order valence-electron chi connectivity index (χ2n) is 6.23. The zero-order chi connectivity index (χ0) is 17.3. The van der Waals surface area contributed by atoms with Crippen LogP contribution in [0.3, 0.4) is 0 Å². The predicted octanol–water partition coefficient (Wildman–Crippen LogP) is 2.63. The van der Waals surface area contributed by atoms with Gasteiger partial charge in [0.1, 0.15) is 6.61 Å². The van der Waals surface area contributed by atoms with Gasteiger partial charge in [-0.1, -0.05) is 12.1 Å². The van der Waals surface area contributed by atoms with Gasteiger partial charge in [-0.3, -0.25) is 0 Å². The molecule has 0 radical (unpaired) electrons. The summed E-state index contributed by atoms with van der Waals surface area (Å²) in [7, 11) is 1.68. The molecule has 1 unspecified atom stereocenters. The molecule has 0 amide bonds. The van der Waals surface area contributed by atoms with E-state index < -0.39 is 0 Å². The second kappa shape index (κ2) is 9.44. The van der Waals surface area contributed by atoms with E-state index in [4.69, 9.17) is 14.2 Å². The van der Waals surface area contributed by atoms with Crippen LogP contribution in [0.25, 0.3) is 0 Å². The van der Waals surface area contributed by atoms with Crippen LogP contribution in [0.4, 0.5) is 0 Å². The highest BCUT2D eigenvalue weighted by Crippen LogP contribution is 2.31. The Morgan fingerprint density at radius 2 is 2.36 bits per heavy atom. The van der Waals surface area contributed by atoms with Crippen molar-refractivity contribution in [1.82, 2.24) is 14.9 Å². The van der Waals surface area contributed by atoms with Crippen LogP contribution in [0.5, 0.6) is 11.5 Å². The SMILES string of the molecule is COc1cccc(CNCCCn2ccnc2)c1OCC1CCCO1. The number of aryl methyl sites for hydroxylation is 1. The first kappa shape index (κ1) is 17.8. The number of methoxy groups -OCH3 is 1. The average Bonchev–Trinajstić information content (AvgIpc) is 3.33. The average molecular weight is 345 g/mol. The van der Waals surface area contributed by atoms with Gasteiger partial charge >= 0.3 is 0 Å². The molecule has 0 aliphatic carbocycles. The van der Waals surface area contributed by atoms with Gasteiger partial charge in [-0.15, -0.1) is 0 Å². The normalized spacial score (nSPS) is 16.9. The van der Waals surface area contributed by atoms with Crippen LogP contribution in [0.1, 0.15) is 24.8 Å². The van der Waals surface area contributed by atoms with Gasteiger partial charge in [-0.25, -0.2) is 4.98 Å². The smallest absolute Gasteiger partial charge is 0.165 e. The summed E-state index contributed by atoms with van der Waals surface area (Å²) in [4.78, 5) is 4.05. The van der Waals surface area contributed by atoms with E-state index in [1.165, 1.54) is 0 Å². The lowest BCUT2D eigenvalue weighted by Crippen LogP contribution is -2.20. The maximum Gasteiger partial charge on any atom is 0.165 e. The Hall–Kier alpha value is -2.05. The van der Waals surface area contributed by atoms with Gasteiger partial charge in [-0.2, -0.15) is 0 Å². The monoisotopic (exact) mass is 345 g/mol. The molecule has 136 valence electrons. The number of ether oxygens (including phenoxy) is 3. The predicted molar refractivity (Wildman–Crippen MR) is 96.0 cm³/mol. The van der Waals surface area contributed by atoms with Gasteiger partial charge in [0.2, 0.25) is 0 Å². The molecule has 3 rings (SSSR count). The Kier molecular flexibility index (Phi) is 6.71. The number of rotatable bonds is 10. The maximum atomic E-state index is 6.06. The van der Waals surface area contributed by atoms with Crippen LogP contribution >= 0.6 is 0 Å². The first-order valence-electron chi connectivity index (χ1n) is 8.93. The minimum absolute atomic E-state index is 0.195. The molecule has 1 N–H and O–H groups in total. The standard InChI is InChI=1S/C19H27N3O3/c1-23-18-7-2-5-16(19(18)25-14-17-6-3-12-24-17)13-20-8-4-10-22-11-9-21-15-22/h2,5,7,9,11,15,17,20H,3-4,6,8,10,12-14H2,1H3. The zero-order valence-electron chi connectivity index (χ0n) is 14.8. The Morgan fingerprint density at radius 3 is 3.12 bits per heavy atom. The van der Waals surface area contributed by atoms with Crippen molar-refractivity contribution in [2.45, 2.75) is 38.5 Å². The Balaban J connectivity index is 1.50. The van der Waals surface area contributed by atoms with Gasteiger partial charge in [0.25, 0.3) is 0 Å². The summed E-state index contributed by atoms with van der Waals surface area (Å²) in [5.74, 6) is 1.60. The molecule has 6 nitrogen and oxygen atoms in total. The van der Waals surface area contributed by atoms with Crippen LogP contribution in [-0.4, -0.2) is 42.5 Å². The minimum Gasteiger partial charge on any atom is -0.493 e. The quantitative estimate of drug-likeness (QED) is 0.671. The Labute approximate surface area is 149 Å². The first-order valence-corrected chi connectivity index (χ1v) is 8.93. The number of hydrogen-bond acceptors (Lipinski definition) is 5. The highest BCUT2D eigenvalue weighted by molar-refractivity contribution is 5.46. The summed E-state index contributed by atoms with van der Waals surface area (Å²) >= 11 is 0. The van der Waals surface area contributed by atoms with Crippen molar-refractivity contribution in [2.75, 3.05) is 26.9 Å². The number of imidazole rings is 1. The lowest BCUT2D eigenvalue weighted by atomic mass is 10.1. The molecule has 25 heavy (non-hydrogen) atoms. The van der Waals surface area contributed by atoms with E-state index in [-0.39, 0.29) is 6.10 Å². The van der Waals surface area contributed by atoms with E-state index in [1.807, 2.05) is 24.7 Å². The van der Waals surface area contributed by atoms with Crippen molar-refractivity contribution in [2.24, 2.45) is 0 Å². The van der Waals surface area contributed by atoms with E-state index in [9.17, 15) is 0 Å². The van der Waals surface area contributed by atoms with Crippen LogP contribution in [0.2, 0.25) is 0 Å². The summed E-state index contributed by atoms with van der Waals surface area (Å²) in [6.07, 6.45) is 9.06. The van der Waals surface area contributed by atoms with E-state index >= 15 is 0 Å². The van der Waals surface area contributed by atoms with E-state index in [0.717, 1.165) is 62.6 Å². The molecule has 1 aliphatic heterocycles. The van der Waals surface area contributed by atoms with Crippen molar-refractivity contribution in [3.05, 3.63) is 42.5 Å². The van der Waals surface area contributed by atoms with Gasteiger partial charge in [0.15, 0.2) is 11.5 Å². The summed E-state index contributed by atoms with van der Waals surface area (Å²) in [6.45, 7) is 4.06. The Bertz CT molecular complexity index is 625. The van der Waals surface area contributed by atoms with Crippen molar-refractivity contribution < 1.29 is 14.2 Å². The molecule has 6 heteroatoms. The molecular formula is C19H27N3O3. The maximum absolute atomic E-state index is 6.06. The largest absolute Gasteiger partial charge is 0.493 e. The third-order valence-corrected chi connectivity index (χ3v) is 4.36. The van der Waals surface area contributed by atoms with Crippen molar-refractivity contribution in [1.29, 1.82) is 0 Å². The summed E-state index contributed by atoms with van der Waals surface area (Å²) < 4.78 is 19.3. The molecule has 2 heterocycles. The summed E-state index contributed by atoms with van der Waals surface area (Å²) in [6, 6.07) is 6.02. The molecule has 1 aromatic carbocycles. The third kappa shape index (κ3) is 5.21.